The molecule has 9 nitrogen and oxygen atoms in total. The fourth-order valence-corrected chi connectivity index (χ4v) is 4.91. The van der Waals surface area contributed by atoms with Crippen molar-refractivity contribution >= 4 is 30.4 Å². The number of H-pyrrole nitrogens is 1. The van der Waals surface area contributed by atoms with Gasteiger partial charge < -0.3 is 20.2 Å². The summed E-state index contributed by atoms with van der Waals surface area (Å²) in [5.41, 5.74) is 5.40. The number of hydrogen-bond donors (Lipinski definition) is 3. The van der Waals surface area contributed by atoms with Gasteiger partial charge in [0.2, 0.25) is 5.91 Å². The minimum Gasteiger partial charge on any atom is -0.387 e. The second-order valence-corrected chi connectivity index (χ2v) is 10.2. The largest absolute Gasteiger partial charge is 0.679 e. The van der Waals surface area contributed by atoms with E-state index in [2.05, 4.69) is 25.6 Å². The standard InChI is InChI=1S/C30H28BF2N7O2/c1-19-4-2-3-5-22(19)16-34-27-15-13-26(40(27)31(32)33)30(21-8-10-23(11-9-21)35-29(42)18-41)24-12-14-28(36-24)39-17-25(37-38-39)20-6-7-20/h2-5,8-15,17,20,36,41H,6-7,16,18H2,1H3,(H,35,42). The van der Waals surface area contributed by atoms with Crippen molar-refractivity contribution in [2.24, 2.45) is 4.99 Å². The Morgan fingerprint density at radius 1 is 1.12 bits per heavy atom. The van der Waals surface area contributed by atoms with E-state index in [0.717, 1.165) is 34.5 Å². The number of rotatable bonds is 9. The zero-order valence-corrected chi connectivity index (χ0v) is 22.8. The summed E-state index contributed by atoms with van der Waals surface area (Å²) in [4.78, 5) is 20.5. The molecule has 4 aromatic rings. The Morgan fingerprint density at radius 2 is 1.90 bits per heavy atom. The SMILES string of the molecule is Cc1ccccc1CN=C1C=CC(=C(c2ccc(NC(=O)CO)cc2)c2ccc(-n3cc(C4CC4)nn3)[nH]2)N1B(F)F. The Morgan fingerprint density at radius 3 is 2.62 bits per heavy atom. The summed E-state index contributed by atoms with van der Waals surface area (Å²) < 4.78 is 31.1. The molecule has 0 unspecified atom stereocenters. The molecule has 2 aromatic carbocycles. The number of amides is 1. The molecule has 0 radical (unpaired) electrons. The maximum absolute atomic E-state index is 14.7. The van der Waals surface area contributed by atoms with Crippen LogP contribution in [0.2, 0.25) is 0 Å². The first-order valence-electron chi connectivity index (χ1n) is 13.6. The number of nitrogens with zero attached hydrogens (tertiary/aromatic N) is 5. The molecule has 1 amide bonds. The maximum atomic E-state index is 14.7. The van der Waals surface area contributed by atoms with Crippen LogP contribution in [0.3, 0.4) is 0 Å². The Bertz CT molecular complexity index is 1700. The molecular formula is C30H28BF2N7O2. The fourth-order valence-electron chi connectivity index (χ4n) is 4.91. The van der Waals surface area contributed by atoms with Crippen LogP contribution in [0.5, 0.6) is 0 Å². The fraction of sp³-hybridized carbons (Fsp3) is 0.200. The lowest BCUT2D eigenvalue weighted by atomic mass is 9.98. The number of anilines is 1. The van der Waals surface area contributed by atoms with Gasteiger partial charge in [0.15, 0.2) is 0 Å². The molecule has 3 N–H and O–H groups in total. The summed E-state index contributed by atoms with van der Waals surface area (Å²) >= 11 is 0. The van der Waals surface area contributed by atoms with Crippen LogP contribution in [0.1, 0.15) is 46.8 Å². The summed E-state index contributed by atoms with van der Waals surface area (Å²) in [6, 6.07) is 18.2. The van der Waals surface area contributed by atoms with Crippen LogP contribution < -0.4 is 5.32 Å². The summed E-state index contributed by atoms with van der Waals surface area (Å²) in [6.45, 7) is 1.58. The lowest BCUT2D eigenvalue weighted by Crippen LogP contribution is -2.34. The van der Waals surface area contributed by atoms with Crippen molar-refractivity contribution in [1.29, 1.82) is 0 Å². The molecule has 0 saturated heterocycles. The molecule has 0 atom stereocenters. The maximum Gasteiger partial charge on any atom is 0.679 e. The average molecular weight is 567 g/mol. The van der Waals surface area contributed by atoms with Gasteiger partial charge in [0.05, 0.1) is 18.4 Å². The molecule has 6 rings (SSSR count). The number of carbonyl (C=O) groups is 1. The van der Waals surface area contributed by atoms with Crippen LogP contribution in [-0.2, 0) is 11.3 Å². The zero-order valence-electron chi connectivity index (χ0n) is 22.8. The molecule has 0 bridgehead atoms. The third-order valence-electron chi connectivity index (χ3n) is 7.32. The van der Waals surface area contributed by atoms with E-state index in [0.29, 0.717) is 34.3 Å². The zero-order chi connectivity index (χ0) is 29.2. The first kappa shape index (κ1) is 27.3. The molecule has 2 aromatic heterocycles. The number of allylic oxidation sites excluding steroid dienone is 1. The second-order valence-electron chi connectivity index (χ2n) is 10.2. The van der Waals surface area contributed by atoms with E-state index in [1.54, 1.807) is 41.1 Å². The van der Waals surface area contributed by atoms with Gasteiger partial charge in [-0.25, -0.2) is 4.68 Å². The van der Waals surface area contributed by atoms with Crippen molar-refractivity contribution in [1.82, 2.24) is 24.8 Å². The van der Waals surface area contributed by atoms with Crippen molar-refractivity contribution in [3.05, 3.63) is 113 Å². The van der Waals surface area contributed by atoms with E-state index in [1.807, 2.05) is 49.5 Å². The van der Waals surface area contributed by atoms with E-state index in [4.69, 9.17) is 5.11 Å². The second kappa shape index (κ2) is 11.6. The number of aliphatic hydroxyl groups excluding tert-OH is 1. The lowest BCUT2D eigenvalue weighted by molar-refractivity contribution is -0.118. The quantitative estimate of drug-likeness (QED) is 0.250. The third kappa shape index (κ3) is 5.66. The number of aryl methyl sites for hydroxylation is 1. The summed E-state index contributed by atoms with van der Waals surface area (Å²) in [7, 11) is -2.85. The summed E-state index contributed by atoms with van der Waals surface area (Å²) in [5.74, 6) is 0.695. The first-order chi connectivity index (χ1) is 20.4. The normalized spacial score (nSPS) is 16.8. The third-order valence-corrected chi connectivity index (χ3v) is 7.32. The van der Waals surface area contributed by atoms with Gasteiger partial charge >= 0.3 is 7.40 Å². The van der Waals surface area contributed by atoms with Crippen molar-refractivity contribution < 1.29 is 18.5 Å². The number of aromatic nitrogens is 4. The Labute approximate surface area is 241 Å². The average Bonchev–Trinajstić information content (AvgIpc) is 3.35. The van der Waals surface area contributed by atoms with Crippen LogP contribution in [0.25, 0.3) is 11.4 Å². The van der Waals surface area contributed by atoms with E-state index in [-0.39, 0.29) is 18.1 Å². The van der Waals surface area contributed by atoms with Gasteiger partial charge in [-0.05, 0) is 72.9 Å². The molecule has 0 spiro atoms. The number of nitrogens with one attached hydrogen (secondary N) is 2. The Kier molecular flexibility index (Phi) is 7.53. The van der Waals surface area contributed by atoms with Crippen molar-refractivity contribution in [2.45, 2.75) is 32.2 Å². The lowest BCUT2D eigenvalue weighted by Gasteiger charge is -2.22. The van der Waals surface area contributed by atoms with E-state index in [9.17, 15) is 13.4 Å². The number of aliphatic hydroxyl groups is 1. The molecule has 3 heterocycles. The predicted octanol–water partition coefficient (Wildman–Crippen LogP) is 4.87. The molecule has 1 aliphatic heterocycles. The Balaban J connectivity index is 1.40. The molecule has 1 fully saturated rings. The number of hydrogen-bond acceptors (Lipinski definition) is 5. The van der Waals surface area contributed by atoms with Crippen molar-refractivity contribution in [3.63, 3.8) is 0 Å². The molecule has 12 heteroatoms. The number of aromatic amines is 1. The molecule has 212 valence electrons. The first-order valence-corrected chi connectivity index (χ1v) is 13.6. The topological polar surface area (TPSA) is 111 Å². The number of benzene rings is 2. The van der Waals surface area contributed by atoms with Crippen LogP contribution >= 0.6 is 0 Å². The highest BCUT2D eigenvalue weighted by Gasteiger charge is 2.36. The summed E-state index contributed by atoms with van der Waals surface area (Å²) in [6.07, 6.45) is 7.32. The molecule has 42 heavy (non-hydrogen) atoms. The Hall–Kier alpha value is -4.84. The minimum atomic E-state index is -2.85. The van der Waals surface area contributed by atoms with Gasteiger partial charge in [0.1, 0.15) is 18.3 Å². The van der Waals surface area contributed by atoms with Gasteiger partial charge in [-0.1, -0.05) is 41.6 Å². The summed E-state index contributed by atoms with van der Waals surface area (Å²) in [5, 5.41) is 20.2. The van der Waals surface area contributed by atoms with Crippen molar-refractivity contribution in [2.75, 3.05) is 11.9 Å². The van der Waals surface area contributed by atoms with Crippen LogP contribution in [0.4, 0.5) is 14.3 Å². The highest BCUT2D eigenvalue weighted by molar-refractivity contribution is 6.46. The van der Waals surface area contributed by atoms with E-state index in [1.165, 1.54) is 0 Å². The molecular weight excluding hydrogens is 539 g/mol. The smallest absolute Gasteiger partial charge is 0.387 e. The van der Waals surface area contributed by atoms with Crippen LogP contribution in [-0.4, -0.2) is 55.6 Å². The highest BCUT2D eigenvalue weighted by Crippen LogP contribution is 2.39. The minimum absolute atomic E-state index is 0.157. The number of aliphatic imine (C=N–C) groups is 1. The predicted molar refractivity (Wildman–Crippen MR) is 157 cm³/mol. The highest BCUT2D eigenvalue weighted by atomic mass is 19.2. The molecule has 1 saturated carbocycles. The van der Waals surface area contributed by atoms with Gasteiger partial charge in [-0.15, -0.1) is 5.10 Å². The number of carbonyl (C=O) groups excluding carboxylic acids is 1. The van der Waals surface area contributed by atoms with Gasteiger partial charge in [0.25, 0.3) is 0 Å². The van der Waals surface area contributed by atoms with Gasteiger partial charge in [0, 0.05) is 28.6 Å². The number of amidine groups is 1. The monoisotopic (exact) mass is 567 g/mol. The van der Waals surface area contributed by atoms with Crippen LogP contribution in [0.15, 0.2) is 89.7 Å². The van der Waals surface area contributed by atoms with E-state index >= 15 is 0 Å². The van der Waals surface area contributed by atoms with E-state index < -0.39 is 19.9 Å². The van der Waals surface area contributed by atoms with Crippen LogP contribution in [0, 0.1) is 6.92 Å². The van der Waals surface area contributed by atoms with Gasteiger partial charge in [-0.3, -0.25) is 18.4 Å². The van der Waals surface area contributed by atoms with Gasteiger partial charge in [-0.2, -0.15) is 0 Å². The molecule has 1 aliphatic carbocycles. The van der Waals surface area contributed by atoms with Crippen molar-refractivity contribution in [3.8, 4) is 5.82 Å². The molecule has 2 aliphatic rings. The number of halogens is 2.